The number of nitrogens with one attached hydrogen (secondary N) is 2. The molecule has 0 aromatic carbocycles. The lowest BCUT2D eigenvalue weighted by Gasteiger charge is -2.20. The number of hydrogen-bond acceptors (Lipinski definition) is 6. The van der Waals surface area contributed by atoms with Crippen molar-refractivity contribution >= 4 is 11.6 Å². The molecule has 1 aromatic rings. The summed E-state index contributed by atoms with van der Waals surface area (Å²) < 4.78 is 5.44. The number of nitrogens with two attached hydrogens (primary N) is 1. The van der Waals surface area contributed by atoms with Crippen LogP contribution in [-0.2, 0) is 4.74 Å². The number of aryl methyl sites for hydroxylation is 1. The van der Waals surface area contributed by atoms with E-state index in [1.807, 2.05) is 6.92 Å². The van der Waals surface area contributed by atoms with Gasteiger partial charge in [-0.1, -0.05) is 0 Å². The quantitative estimate of drug-likeness (QED) is 0.536. The van der Waals surface area contributed by atoms with E-state index >= 15 is 0 Å². The molecule has 17 heavy (non-hydrogen) atoms. The summed E-state index contributed by atoms with van der Waals surface area (Å²) in [6.07, 6.45) is 3.65. The Labute approximate surface area is 101 Å². The summed E-state index contributed by atoms with van der Waals surface area (Å²) in [5, 5.41) is 3.39. The van der Waals surface area contributed by atoms with E-state index in [9.17, 15) is 0 Å². The Morgan fingerprint density at radius 2 is 2.12 bits per heavy atom. The maximum atomic E-state index is 5.44. The molecule has 6 heteroatoms. The van der Waals surface area contributed by atoms with Gasteiger partial charge < -0.3 is 15.5 Å². The molecule has 94 valence electrons. The standard InChI is InChI=1S/C11H19N5O/c1-7-13-10(6-11(14-7)16-12)15-8-4-3-5-9(8)17-2/h6,8-9H,3-5,12H2,1-2H3,(H2,13,14,15,16). The molecule has 1 aliphatic carbocycles. The zero-order chi connectivity index (χ0) is 12.3. The zero-order valence-corrected chi connectivity index (χ0v) is 10.2. The Morgan fingerprint density at radius 3 is 2.82 bits per heavy atom. The normalized spacial score (nSPS) is 23.7. The van der Waals surface area contributed by atoms with Crippen LogP contribution in [0.15, 0.2) is 6.07 Å². The Kier molecular flexibility index (Phi) is 3.75. The third-order valence-corrected chi connectivity index (χ3v) is 3.07. The van der Waals surface area contributed by atoms with Crippen LogP contribution >= 0.6 is 0 Å². The molecule has 1 aliphatic rings. The minimum atomic E-state index is 0.263. The van der Waals surface area contributed by atoms with Crippen molar-refractivity contribution in [3.05, 3.63) is 11.9 Å². The molecule has 1 fully saturated rings. The molecule has 2 rings (SSSR count). The summed E-state index contributed by atoms with van der Waals surface area (Å²) in [5.41, 5.74) is 2.54. The average molecular weight is 237 g/mol. The topological polar surface area (TPSA) is 85.1 Å². The summed E-state index contributed by atoms with van der Waals surface area (Å²) in [4.78, 5) is 8.49. The fourth-order valence-electron chi connectivity index (χ4n) is 2.28. The number of aromatic nitrogens is 2. The van der Waals surface area contributed by atoms with E-state index in [1.54, 1.807) is 13.2 Å². The first-order chi connectivity index (χ1) is 8.22. The molecular formula is C11H19N5O. The summed E-state index contributed by atoms with van der Waals surface area (Å²) >= 11 is 0. The van der Waals surface area contributed by atoms with Crippen molar-refractivity contribution in [2.24, 2.45) is 5.84 Å². The van der Waals surface area contributed by atoms with Crippen molar-refractivity contribution in [1.82, 2.24) is 9.97 Å². The maximum Gasteiger partial charge on any atom is 0.145 e. The lowest BCUT2D eigenvalue weighted by atomic mass is 10.2. The minimum absolute atomic E-state index is 0.263. The molecular weight excluding hydrogens is 218 g/mol. The number of anilines is 2. The van der Waals surface area contributed by atoms with Gasteiger partial charge in [0, 0.05) is 13.2 Å². The smallest absolute Gasteiger partial charge is 0.145 e. The predicted molar refractivity (Wildman–Crippen MR) is 66.6 cm³/mol. The fourth-order valence-corrected chi connectivity index (χ4v) is 2.28. The third kappa shape index (κ3) is 2.83. The van der Waals surface area contributed by atoms with Crippen LogP contribution < -0.4 is 16.6 Å². The highest BCUT2D eigenvalue weighted by Crippen LogP contribution is 2.25. The first kappa shape index (κ1) is 12.1. The Balaban J connectivity index is 2.09. The molecule has 6 nitrogen and oxygen atoms in total. The van der Waals surface area contributed by atoms with Crippen molar-refractivity contribution in [2.75, 3.05) is 17.9 Å². The first-order valence-corrected chi connectivity index (χ1v) is 5.84. The highest BCUT2D eigenvalue weighted by atomic mass is 16.5. The lowest BCUT2D eigenvalue weighted by molar-refractivity contribution is 0.101. The van der Waals surface area contributed by atoms with Crippen LogP contribution in [0.2, 0.25) is 0 Å². The van der Waals surface area contributed by atoms with E-state index in [1.165, 1.54) is 6.42 Å². The monoisotopic (exact) mass is 237 g/mol. The highest BCUT2D eigenvalue weighted by molar-refractivity contribution is 5.47. The fraction of sp³-hybridized carbons (Fsp3) is 0.636. The number of rotatable bonds is 4. The molecule has 1 aromatic heterocycles. The van der Waals surface area contributed by atoms with E-state index < -0.39 is 0 Å². The van der Waals surface area contributed by atoms with Gasteiger partial charge in [0.25, 0.3) is 0 Å². The van der Waals surface area contributed by atoms with Crippen LogP contribution in [0.5, 0.6) is 0 Å². The molecule has 2 atom stereocenters. The SMILES string of the molecule is COC1CCCC1Nc1cc(NN)nc(C)n1. The van der Waals surface area contributed by atoms with Gasteiger partial charge >= 0.3 is 0 Å². The summed E-state index contributed by atoms with van der Waals surface area (Å²) in [6.45, 7) is 1.84. The van der Waals surface area contributed by atoms with Gasteiger partial charge in [-0.15, -0.1) is 0 Å². The van der Waals surface area contributed by atoms with E-state index in [0.29, 0.717) is 17.7 Å². The molecule has 2 unspecified atom stereocenters. The second kappa shape index (κ2) is 5.29. The second-order valence-electron chi connectivity index (χ2n) is 4.29. The molecule has 0 bridgehead atoms. The molecule has 0 saturated heterocycles. The highest BCUT2D eigenvalue weighted by Gasteiger charge is 2.27. The minimum Gasteiger partial charge on any atom is -0.379 e. The lowest BCUT2D eigenvalue weighted by Crippen LogP contribution is -2.30. The Bertz CT molecular complexity index is 384. The van der Waals surface area contributed by atoms with Crippen molar-refractivity contribution in [3.63, 3.8) is 0 Å². The van der Waals surface area contributed by atoms with Gasteiger partial charge in [0.1, 0.15) is 17.5 Å². The van der Waals surface area contributed by atoms with Crippen LogP contribution in [0, 0.1) is 6.92 Å². The molecule has 0 spiro atoms. The van der Waals surface area contributed by atoms with Gasteiger partial charge in [-0.25, -0.2) is 15.8 Å². The second-order valence-corrected chi connectivity index (χ2v) is 4.29. The van der Waals surface area contributed by atoms with Gasteiger partial charge in [-0.2, -0.15) is 0 Å². The summed E-state index contributed by atoms with van der Waals surface area (Å²) in [6, 6.07) is 2.12. The van der Waals surface area contributed by atoms with E-state index in [4.69, 9.17) is 10.6 Å². The van der Waals surface area contributed by atoms with Crippen LogP contribution in [0.4, 0.5) is 11.6 Å². The van der Waals surface area contributed by atoms with Gasteiger partial charge in [0.05, 0.1) is 12.1 Å². The van der Waals surface area contributed by atoms with Gasteiger partial charge in [0.2, 0.25) is 0 Å². The Morgan fingerprint density at radius 1 is 1.35 bits per heavy atom. The molecule has 0 amide bonds. The number of hydrogen-bond donors (Lipinski definition) is 3. The van der Waals surface area contributed by atoms with Gasteiger partial charge in [-0.05, 0) is 26.2 Å². The van der Waals surface area contributed by atoms with Crippen molar-refractivity contribution in [3.8, 4) is 0 Å². The number of nitrogen functional groups attached to an aromatic ring is 1. The van der Waals surface area contributed by atoms with Crippen molar-refractivity contribution in [2.45, 2.75) is 38.3 Å². The molecule has 1 saturated carbocycles. The molecule has 1 heterocycles. The van der Waals surface area contributed by atoms with Crippen LogP contribution in [-0.4, -0.2) is 29.2 Å². The summed E-state index contributed by atoms with van der Waals surface area (Å²) in [7, 11) is 1.75. The average Bonchev–Trinajstić information content (AvgIpc) is 2.75. The predicted octanol–water partition coefficient (Wildman–Crippen LogP) is 1.05. The third-order valence-electron chi connectivity index (χ3n) is 3.07. The van der Waals surface area contributed by atoms with Gasteiger partial charge in [0.15, 0.2) is 0 Å². The summed E-state index contributed by atoms with van der Waals surface area (Å²) in [5.74, 6) is 7.45. The van der Waals surface area contributed by atoms with Crippen molar-refractivity contribution < 1.29 is 4.74 Å². The zero-order valence-electron chi connectivity index (χ0n) is 10.2. The van der Waals surface area contributed by atoms with Crippen LogP contribution in [0.1, 0.15) is 25.1 Å². The van der Waals surface area contributed by atoms with Crippen LogP contribution in [0.25, 0.3) is 0 Å². The van der Waals surface area contributed by atoms with Crippen molar-refractivity contribution in [1.29, 1.82) is 0 Å². The molecule has 0 aliphatic heterocycles. The number of methoxy groups -OCH3 is 1. The number of hydrazine groups is 1. The van der Waals surface area contributed by atoms with Gasteiger partial charge in [-0.3, -0.25) is 0 Å². The maximum absolute atomic E-state index is 5.44. The first-order valence-electron chi connectivity index (χ1n) is 5.84. The van der Waals surface area contributed by atoms with E-state index in [2.05, 4.69) is 20.7 Å². The number of ether oxygens (including phenoxy) is 1. The van der Waals surface area contributed by atoms with E-state index in [0.717, 1.165) is 18.7 Å². The largest absolute Gasteiger partial charge is 0.379 e. The number of nitrogens with zero attached hydrogens (tertiary/aromatic N) is 2. The van der Waals surface area contributed by atoms with Crippen LogP contribution in [0.3, 0.4) is 0 Å². The molecule has 4 N–H and O–H groups in total. The molecule has 0 radical (unpaired) electrons. The van der Waals surface area contributed by atoms with E-state index in [-0.39, 0.29) is 6.10 Å². The Hall–Kier alpha value is -1.40.